The number of carbonyl (C=O) groups is 1. The summed E-state index contributed by atoms with van der Waals surface area (Å²) in [5, 5.41) is 9.19. The predicted octanol–water partition coefficient (Wildman–Crippen LogP) is 1.94. The number of rotatable bonds is 6. The molecule has 0 radical (unpaired) electrons. The molecule has 5 nitrogen and oxygen atoms in total. The van der Waals surface area contributed by atoms with E-state index in [0.717, 1.165) is 12.8 Å². The van der Waals surface area contributed by atoms with Gasteiger partial charge in [-0.05, 0) is 19.3 Å². The van der Waals surface area contributed by atoms with Crippen molar-refractivity contribution in [3.8, 4) is 0 Å². The standard InChI is InChI=1S/C12H22N4O/c1-8(2)5-4-6-9(3)15-12(17)10-7-14-16-11(10)13/h7-9H,4-6H2,1-3H3,(H,15,17)(H3,13,14,16). The van der Waals surface area contributed by atoms with Gasteiger partial charge in [0.15, 0.2) is 0 Å². The molecule has 1 amide bonds. The first kappa shape index (κ1) is 13.5. The molecule has 1 aromatic rings. The molecule has 0 aromatic carbocycles. The van der Waals surface area contributed by atoms with Crippen molar-refractivity contribution in [3.63, 3.8) is 0 Å². The molecule has 1 atom stereocenters. The molecule has 1 heterocycles. The van der Waals surface area contributed by atoms with Crippen LogP contribution in [-0.2, 0) is 0 Å². The number of hydrogen-bond acceptors (Lipinski definition) is 3. The third kappa shape index (κ3) is 4.46. The Morgan fingerprint density at radius 2 is 2.18 bits per heavy atom. The Kier molecular flexibility index (Phi) is 5.00. The van der Waals surface area contributed by atoms with E-state index < -0.39 is 0 Å². The van der Waals surface area contributed by atoms with Crippen molar-refractivity contribution in [1.29, 1.82) is 0 Å². The highest BCUT2D eigenvalue weighted by Crippen LogP contribution is 2.10. The fraction of sp³-hybridized carbons (Fsp3) is 0.667. The average Bonchev–Trinajstić information content (AvgIpc) is 2.63. The van der Waals surface area contributed by atoms with Crippen LogP contribution in [-0.4, -0.2) is 22.1 Å². The maximum absolute atomic E-state index is 11.8. The SMILES string of the molecule is CC(C)CCCC(C)NC(=O)c1cn[nH]c1N. The summed E-state index contributed by atoms with van der Waals surface area (Å²) >= 11 is 0. The number of carbonyl (C=O) groups excluding carboxylic acids is 1. The van der Waals surface area contributed by atoms with Crippen molar-refractivity contribution < 1.29 is 4.79 Å². The number of nitrogens with one attached hydrogen (secondary N) is 2. The van der Waals surface area contributed by atoms with Crippen LogP contribution in [0.4, 0.5) is 5.82 Å². The number of aromatic amines is 1. The molecule has 0 spiro atoms. The van der Waals surface area contributed by atoms with Crippen LogP contribution < -0.4 is 11.1 Å². The molecule has 1 unspecified atom stereocenters. The molecular weight excluding hydrogens is 216 g/mol. The van der Waals surface area contributed by atoms with Gasteiger partial charge in [-0.2, -0.15) is 5.10 Å². The molecule has 0 fully saturated rings. The molecule has 0 saturated carbocycles. The molecule has 96 valence electrons. The van der Waals surface area contributed by atoms with E-state index >= 15 is 0 Å². The van der Waals surface area contributed by atoms with E-state index in [2.05, 4.69) is 29.4 Å². The van der Waals surface area contributed by atoms with E-state index in [1.165, 1.54) is 12.6 Å². The second kappa shape index (κ2) is 6.27. The summed E-state index contributed by atoms with van der Waals surface area (Å²) in [7, 11) is 0. The van der Waals surface area contributed by atoms with Gasteiger partial charge in [-0.25, -0.2) is 0 Å². The van der Waals surface area contributed by atoms with Gasteiger partial charge in [0.2, 0.25) is 0 Å². The fourth-order valence-corrected chi connectivity index (χ4v) is 1.68. The first-order valence-electron chi connectivity index (χ1n) is 6.10. The molecule has 0 aliphatic carbocycles. The molecule has 4 N–H and O–H groups in total. The number of H-pyrrole nitrogens is 1. The molecule has 0 aliphatic heterocycles. The van der Waals surface area contributed by atoms with Gasteiger partial charge in [-0.1, -0.05) is 26.7 Å². The van der Waals surface area contributed by atoms with Crippen LogP contribution in [0, 0.1) is 5.92 Å². The summed E-state index contributed by atoms with van der Waals surface area (Å²) in [5.41, 5.74) is 6.00. The van der Waals surface area contributed by atoms with Gasteiger partial charge in [-0.3, -0.25) is 9.89 Å². The Bertz CT molecular complexity index is 359. The monoisotopic (exact) mass is 238 g/mol. The highest BCUT2D eigenvalue weighted by Gasteiger charge is 2.13. The van der Waals surface area contributed by atoms with Gasteiger partial charge in [0, 0.05) is 6.04 Å². The maximum atomic E-state index is 11.8. The van der Waals surface area contributed by atoms with E-state index in [9.17, 15) is 4.79 Å². The molecule has 5 heteroatoms. The Balaban J connectivity index is 2.34. The van der Waals surface area contributed by atoms with Crippen molar-refractivity contribution in [1.82, 2.24) is 15.5 Å². The Labute approximate surface area is 102 Å². The van der Waals surface area contributed by atoms with Gasteiger partial charge >= 0.3 is 0 Å². The van der Waals surface area contributed by atoms with Crippen molar-refractivity contribution in [2.45, 2.75) is 46.1 Å². The molecule has 0 saturated heterocycles. The largest absolute Gasteiger partial charge is 0.383 e. The van der Waals surface area contributed by atoms with Gasteiger partial charge in [0.1, 0.15) is 11.4 Å². The maximum Gasteiger partial charge on any atom is 0.256 e. The van der Waals surface area contributed by atoms with Gasteiger partial charge < -0.3 is 11.1 Å². The lowest BCUT2D eigenvalue weighted by Gasteiger charge is -2.14. The number of nitrogen functional groups attached to an aromatic ring is 1. The van der Waals surface area contributed by atoms with Crippen molar-refractivity contribution in [2.75, 3.05) is 5.73 Å². The summed E-state index contributed by atoms with van der Waals surface area (Å²) in [6.45, 7) is 6.42. The lowest BCUT2D eigenvalue weighted by atomic mass is 10.0. The Morgan fingerprint density at radius 3 is 2.71 bits per heavy atom. The smallest absolute Gasteiger partial charge is 0.256 e. The molecule has 0 aliphatic rings. The number of amides is 1. The van der Waals surface area contributed by atoms with Crippen molar-refractivity contribution in [2.24, 2.45) is 5.92 Å². The summed E-state index contributed by atoms with van der Waals surface area (Å²) in [4.78, 5) is 11.8. The van der Waals surface area contributed by atoms with Crippen molar-refractivity contribution in [3.05, 3.63) is 11.8 Å². The Hall–Kier alpha value is -1.52. The zero-order valence-electron chi connectivity index (χ0n) is 10.8. The minimum atomic E-state index is -0.159. The van der Waals surface area contributed by atoms with Gasteiger partial charge in [0.05, 0.1) is 6.20 Å². The third-order valence-corrected chi connectivity index (χ3v) is 2.71. The molecule has 0 bridgehead atoms. The van der Waals surface area contributed by atoms with Gasteiger partial charge in [0.25, 0.3) is 5.91 Å². The fourth-order valence-electron chi connectivity index (χ4n) is 1.68. The average molecular weight is 238 g/mol. The molecule has 17 heavy (non-hydrogen) atoms. The van der Waals surface area contributed by atoms with E-state index in [1.54, 1.807) is 0 Å². The first-order chi connectivity index (χ1) is 8.00. The normalized spacial score (nSPS) is 12.7. The quantitative estimate of drug-likeness (QED) is 0.708. The second-order valence-corrected chi connectivity index (χ2v) is 4.90. The van der Waals surface area contributed by atoms with E-state index in [4.69, 9.17) is 5.73 Å². The Morgan fingerprint density at radius 1 is 1.47 bits per heavy atom. The molecular formula is C12H22N4O. The summed E-state index contributed by atoms with van der Waals surface area (Å²) in [6, 6.07) is 0.163. The number of nitrogens with zero attached hydrogens (tertiary/aromatic N) is 1. The van der Waals surface area contributed by atoms with Crippen LogP contribution in [0.1, 0.15) is 50.4 Å². The highest BCUT2D eigenvalue weighted by molar-refractivity contribution is 5.98. The first-order valence-corrected chi connectivity index (χ1v) is 6.10. The minimum Gasteiger partial charge on any atom is -0.383 e. The van der Waals surface area contributed by atoms with Crippen LogP contribution in [0.3, 0.4) is 0 Å². The highest BCUT2D eigenvalue weighted by atomic mass is 16.1. The number of aromatic nitrogens is 2. The summed E-state index contributed by atoms with van der Waals surface area (Å²) < 4.78 is 0. The molecule has 1 aromatic heterocycles. The van der Waals surface area contributed by atoms with Crippen LogP contribution in [0.5, 0.6) is 0 Å². The number of nitrogens with two attached hydrogens (primary N) is 1. The van der Waals surface area contributed by atoms with E-state index in [1.807, 2.05) is 6.92 Å². The zero-order chi connectivity index (χ0) is 12.8. The van der Waals surface area contributed by atoms with Crippen LogP contribution in [0.15, 0.2) is 6.20 Å². The minimum absolute atomic E-state index is 0.159. The van der Waals surface area contributed by atoms with E-state index in [-0.39, 0.29) is 11.9 Å². The lowest BCUT2D eigenvalue weighted by molar-refractivity contribution is 0.0938. The number of hydrogen-bond donors (Lipinski definition) is 3. The predicted molar refractivity (Wildman–Crippen MR) is 68.6 cm³/mol. The second-order valence-electron chi connectivity index (χ2n) is 4.90. The zero-order valence-corrected chi connectivity index (χ0v) is 10.8. The van der Waals surface area contributed by atoms with Crippen molar-refractivity contribution >= 4 is 11.7 Å². The summed E-state index contributed by atoms with van der Waals surface area (Å²) in [5.74, 6) is 0.868. The van der Waals surface area contributed by atoms with Crippen LogP contribution >= 0.6 is 0 Å². The van der Waals surface area contributed by atoms with Crippen LogP contribution in [0.2, 0.25) is 0 Å². The lowest BCUT2D eigenvalue weighted by Crippen LogP contribution is -2.32. The topological polar surface area (TPSA) is 83.8 Å². The number of anilines is 1. The summed E-state index contributed by atoms with van der Waals surface area (Å²) in [6.07, 6.45) is 4.75. The molecule has 1 rings (SSSR count). The van der Waals surface area contributed by atoms with Gasteiger partial charge in [-0.15, -0.1) is 0 Å². The third-order valence-electron chi connectivity index (χ3n) is 2.71. The van der Waals surface area contributed by atoms with E-state index in [0.29, 0.717) is 17.3 Å². The van der Waals surface area contributed by atoms with Crippen LogP contribution in [0.25, 0.3) is 0 Å².